The van der Waals surface area contributed by atoms with Crippen molar-refractivity contribution in [1.29, 1.82) is 0 Å². The van der Waals surface area contributed by atoms with E-state index in [9.17, 15) is 26.4 Å². The largest absolute Gasteiger partial charge is 0.451 e. The molecule has 1 amide bonds. The van der Waals surface area contributed by atoms with Crippen LogP contribution in [0.15, 0.2) is 30.7 Å². The van der Waals surface area contributed by atoms with Gasteiger partial charge >= 0.3 is 0 Å². The lowest BCUT2D eigenvalue weighted by Gasteiger charge is -2.54. The van der Waals surface area contributed by atoms with E-state index in [0.29, 0.717) is 38.5 Å². The average Bonchev–Trinajstić information content (AvgIpc) is 3.08. The molecule has 4 aliphatic rings. The van der Waals surface area contributed by atoms with Crippen LogP contribution in [0.5, 0.6) is 11.5 Å². The quantitative estimate of drug-likeness (QED) is 0.343. The van der Waals surface area contributed by atoms with Crippen molar-refractivity contribution < 1.29 is 40.6 Å². The molecule has 4 fully saturated rings. The number of carbonyl (C=O) groups excluding carboxylic acids is 1. The molecule has 0 aliphatic carbocycles. The second kappa shape index (κ2) is 15.7. The summed E-state index contributed by atoms with van der Waals surface area (Å²) in [5.74, 6) is -0.579. The Morgan fingerprint density at radius 2 is 1.86 bits per heavy atom. The van der Waals surface area contributed by atoms with Crippen LogP contribution in [-0.4, -0.2) is 123 Å². The summed E-state index contributed by atoms with van der Waals surface area (Å²) < 4.78 is 86.8. The van der Waals surface area contributed by atoms with Gasteiger partial charge in [-0.1, -0.05) is 0 Å². The number of piperidine rings is 1. The zero-order valence-electron chi connectivity index (χ0n) is 28.6. The first-order valence-electron chi connectivity index (χ1n) is 17.5. The first-order valence-corrected chi connectivity index (χ1v) is 19.0. The molecule has 2 aromatic rings. The van der Waals surface area contributed by atoms with E-state index in [1.165, 1.54) is 18.6 Å². The maximum absolute atomic E-state index is 14.3. The van der Waals surface area contributed by atoms with Crippen LogP contribution in [-0.2, 0) is 19.5 Å². The van der Waals surface area contributed by atoms with Crippen LogP contribution >= 0.6 is 0 Å². The van der Waals surface area contributed by atoms with Gasteiger partial charge in [0.15, 0.2) is 11.6 Å². The van der Waals surface area contributed by atoms with E-state index in [-0.39, 0.29) is 34.6 Å². The fourth-order valence-electron chi connectivity index (χ4n) is 7.41. The number of alkyl halides is 2. The van der Waals surface area contributed by atoms with E-state index in [0.717, 1.165) is 75.4 Å². The summed E-state index contributed by atoms with van der Waals surface area (Å²) in [4.78, 5) is 27.4. The standard InChI is InChI=1S/C34H47F3N6O6S/c1-23(2)43(18-31(36)37)33(44)28-15-24(35)3-6-29(28)49-30-16-38-22-39-32(30)42-20-34(21-42)9-11-41(12-10-34)17-26-5-4-25(19-48-26)40-50(45,46)27-7-13-47-14-8-27/h3,6,15-16,22-23,25-27,31,40H,4-5,7-14,17-21H2,1-2H3/t25-,26+/m1/s1. The van der Waals surface area contributed by atoms with Gasteiger partial charge < -0.3 is 28.9 Å². The number of nitrogens with one attached hydrogen (secondary N) is 1. The van der Waals surface area contributed by atoms with E-state index >= 15 is 0 Å². The molecule has 1 aromatic carbocycles. The number of ether oxygens (including phenoxy) is 3. The number of halogens is 3. The summed E-state index contributed by atoms with van der Waals surface area (Å²) >= 11 is 0. The normalized spacial score (nSPS) is 23.3. The molecule has 2 atom stereocenters. The third kappa shape index (κ3) is 8.69. The molecule has 1 aromatic heterocycles. The molecule has 6 rings (SSSR count). The van der Waals surface area contributed by atoms with Crippen molar-refractivity contribution in [2.24, 2.45) is 5.41 Å². The highest BCUT2D eigenvalue weighted by molar-refractivity contribution is 7.90. The first kappa shape index (κ1) is 36.7. The van der Waals surface area contributed by atoms with Gasteiger partial charge in [-0.25, -0.2) is 36.3 Å². The smallest absolute Gasteiger partial charge is 0.258 e. The molecule has 12 nitrogen and oxygen atoms in total. The predicted octanol–water partition coefficient (Wildman–Crippen LogP) is 4.07. The van der Waals surface area contributed by atoms with E-state index in [1.54, 1.807) is 13.8 Å². The lowest BCUT2D eigenvalue weighted by molar-refractivity contribution is -0.0300. The SMILES string of the molecule is CC(C)N(CC(F)F)C(=O)c1cc(F)ccc1Oc1cncnc1N1CC2(CCN(C[C@@H]3CC[C@@H](NS(=O)(=O)C4CCOCC4)CO3)CC2)C1. The molecule has 16 heteroatoms. The molecule has 0 radical (unpaired) electrons. The maximum Gasteiger partial charge on any atom is 0.258 e. The van der Waals surface area contributed by atoms with Crippen LogP contribution < -0.4 is 14.4 Å². The van der Waals surface area contributed by atoms with Crippen molar-refractivity contribution in [1.82, 2.24) is 24.5 Å². The molecule has 5 heterocycles. The van der Waals surface area contributed by atoms with Crippen molar-refractivity contribution in [3.8, 4) is 11.5 Å². The maximum atomic E-state index is 14.3. The highest BCUT2D eigenvalue weighted by Crippen LogP contribution is 2.45. The lowest BCUT2D eigenvalue weighted by atomic mass is 9.72. The fourth-order valence-corrected chi connectivity index (χ4v) is 9.07. The molecule has 0 unspecified atom stereocenters. The summed E-state index contributed by atoms with van der Waals surface area (Å²) in [5, 5.41) is -0.396. The Morgan fingerprint density at radius 3 is 2.52 bits per heavy atom. The molecule has 4 saturated heterocycles. The van der Waals surface area contributed by atoms with Gasteiger partial charge in [-0.2, -0.15) is 0 Å². The molecule has 276 valence electrons. The number of hydrogen-bond acceptors (Lipinski definition) is 10. The lowest BCUT2D eigenvalue weighted by Crippen LogP contribution is -2.61. The highest BCUT2D eigenvalue weighted by atomic mass is 32.2. The Hall–Kier alpha value is -3.05. The summed E-state index contributed by atoms with van der Waals surface area (Å²) in [7, 11) is -3.39. The topological polar surface area (TPSA) is 126 Å². The minimum Gasteiger partial charge on any atom is -0.451 e. The Labute approximate surface area is 291 Å². The van der Waals surface area contributed by atoms with E-state index in [1.807, 2.05) is 0 Å². The summed E-state index contributed by atoms with van der Waals surface area (Å²) in [6.07, 6.45) is 4.82. The number of carbonyl (C=O) groups is 1. The second-order valence-electron chi connectivity index (χ2n) is 14.3. The predicted molar refractivity (Wildman–Crippen MR) is 180 cm³/mol. The van der Waals surface area contributed by atoms with Crippen LogP contribution in [0.1, 0.15) is 62.7 Å². The minimum absolute atomic E-state index is 0.0314. The summed E-state index contributed by atoms with van der Waals surface area (Å²) in [5.41, 5.74) is -0.0423. The van der Waals surface area contributed by atoms with Gasteiger partial charge in [-0.05, 0) is 83.7 Å². The molecule has 4 aliphatic heterocycles. The number of benzene rings is 1. The van der Waals surface area contributed by atoms with Gasteiger partial charge in [-0.15, -0.1) is 0 Å². The average molecular weight is 725 g/mol. The number of aromatic nitrogens is 2. The van der Waals surface area contributed by atoms with E-state index in [2.05, 4.69) is 24.5 Å². The molecule has 0 bridgehead atoms. The number of likely N-dealkylation sites (tertiary alicyclic amines) is 1. The number of rotatable bonds is 12. The molecule has 50 heavy (non-hydrogen) atoms. The summed E-state index contributed by atoms with van der Waals surface area (Å²) in [6.45, 7) is 7.97. The monoisotopic (exact) mass is 724 g/mol. The number of amides is 1. The van der Waals surface area contributed by atoms with Crippen molar-refractivity contribution in [2.75, 3.05) is 64.0 Å². The Morgan fingerprint density at radius 1 is 1.12 bits per heavy atom. The molecular weight excluding hydrogens is 677 g/mol. The Balaban J connectivity index is 1.00. The number of sulfonamides is 1. The van der Waals surface area contributed by atoms with Gasteiger partial charge in [0.25, 0.3) is 12.3 Å². The van der Waals surface area contributed by atoms with Gasteiger partial charge in [-0.3, -0.25) is 4.79 Å². The zero-order valence-corrected chi connectivity index (χ0v) is 29.4. The van der Waals surface area contributed by atoms with Crippen LogP contribution in [0.2, 0.25) is 0 Å². The molecular formula is C34H47F3N6O6S. The number of nitrogens with zero attached hydrogens (tertiary/aromatic N) is 5. The van der Waals surface area contributed by atoms with Crippen LogP contribution in [0.3, 0.4) is 0 Å². The van der Waals surface area contributed by atoms with Crippen LogP contribution in [0, 0.1) is 11.2 Å². The second-order valence-corrected chi connectivity index (χ2v) is 16.2. The third-order valence-electron chi connectivity index (χ3n) is 10.3. The van der Waals surface area contributed by atoms with Crippen LogP contribution in [0.4, 0.5) is 19.0 Å². The van der Waals surface area contributed by atoms with Gasteiger partial charge in [0.05, 0.1) is 36.3 Å². The zero-order chi connectivity index (χ0) is 35.5. The number of hydrogen-bond donors (Lipinski definition) is 1. The van der Waals surface area contributed by atoms with Crippen molar-refractivity contribution >= 4 is 21.7 Å². The van der Waals surface area contributed by atoms with Crippen molar-refractivity contribution in [3.63, 3.8) is 0 Å². The molecule has 1 spiro atoms. The van der Waals surface area contributed by atoms with Gasteiger partial charge in [0.2, 0.25) is 10.0 Å². The Bertz CT molecular complexity index is 1570. The number of anilines is 1. The van der Waals surface area contributed by atoms with Gasteiger partial charge in [0, 0.05) is 50.3 Å². The third-order valence-corrected chi connectivity index (χ3v) is 12.3. The van der Waals surface area contributed by atoms with Crippen LogP contribution in [0.25, 0.3) is 0 Å². The highest BCUT2D eigenvalue weighted by Gasteiger charge is 2.46. The minimum atomic E-state index is -3.39. The van der Waals surface area contributed by atoms with Gasteiger partial charge in [0.1, 0.15) is 17.9 Å². The fraction of sp³-hybridized carbons (Fsp3) is 0.676. The molecule has 1 N–H and O–H groups in total. The Kier molecular flexibility index (Phi) is 11.5. The van der Waals surface area contributed by atoms with E-state index in [4.69, 9.17) is 14.2 Å². The van der Waals surface area contributed by atoms with Crippen molar-refractivity contribution in [3.05, 3.63) is 42.1 Å². The van der Waals surface area contributed by atoms with Crippen molar-refractivity contribution in [2.45, 2.75) is 82.2 Å². The van der Waals surface area contributed by atoms with E-state index < -0.39 is 46.0 Å². The summed E-state index contributed by atoms with van der Waals surface area (Å²) in [6, 6.07) is 2.73. The first-order chi connectivity index (χ1) is 23.9. The molecule has 0 saturated carbocycles.